The van der Waals surface area contributed by atoms with Gasteiger partial charge in [-0.15, -0.1) is 23.7 Å². The zero-order valence-corrected chi connectivity index (χ0v) is 13.1. The smallest absolute Gasteiger partial charge is 0.268 e. The number of nitrogens with two attached hydrogens (primary N) is 1. The molecule has 3 rings (SSSR count). The van der Waals surface area contributed by atoms with Crippen molar-refractivity contribution < 1.29 is 0 Å². The lowest BCUT2D eigenvalue weighted by Gasteiger charge is -2.13. The van der Waals surface area contributed by atoms with E-state index >= 15 is 0 Å². The second kappa shape index (κ2) is 5.92. The van der Waals surface area contributed by atoms with E-state index < -0.39 is 0 Å². The van der Waals surface area contributed by atoms with E-state index in [0.717, 1.165) is 4.88 Å². The Morgan fingerprint density at radius 2 is 2.14 bits per heavy atom. The molecule has 21 heavy (non-hydrogen) atoms. The average Bonchev–Trinajstić information content (AvgIpc) is 3.05. The van der Waals surface area contributed by atoms with Gasteiger partial charge in [-0.25, -0.2) is 4.98 Å². The van der Waals surface area contributed by atoms with Crippen LogP contribution in [-0.2, 0) is 0 Å². The second-order valence-electron chi connectivity index (χ2n) is 4.90. The Labute approximate surface area is 130 Å². The molecule has 3 heterocycles. The molecule has 0 amide bonds. The first kappa shape index (κ1) is 15.6. The fraction of sp³-hybridized carbons (Fsp3) is 0.333. The minimum absolute atomic E-state index is 0. The van der Waals surface area contributed by atoms with E-state index in [1.807, 2.05) is 19.9 Å². The molecular weight excluding hydrogens is 312 g/mol. The molecule has 0 aromatic carbocycles. The van der Waals surface area contributed by atoms with Crippen molar-refractivity contribution in [3.63, 3.8) is 0 Å². The van der Waals surface area contributed by atoms with Crippen LogP contribution in [0, 0.1) is 5.92 Å². The highest BCUT2D eigenvalue weighted by molar-refractivity contribution is 7.22. The van der Waals surface area contributed by atoms with Gasteiger partial charge < -0.3 is 10.7 Å². The maximum absolute atomic E-state index is 12.1. The first-order valence-corrected chi connectivity index (χ1v) is 7.03. The third-order valence-corrected chi connectivity index (χ3v) is 4.25. The van der Waals surface area contributed by atoms with Crippen LogP contribution in [0.15, 0.2) is 17.1 Å². The molecule has 3 aromatic heterocycles. The van der Waals surface area contributed by atoms with Crippen molar-refractivity contribution in [1.29, 1.82) is 0 Å². The van der Waals surface area contributed by atoms with Crippen LogP contribution < -0.4 is 11.3 Å². The van der Waals surface area contributed by atoms with Crippen LogP contribution in [0.25, 0.3) is 20.8 Å². The summed E-state index contributed by atoms with van der Waals surface area (Å²) in [5.41, 5.74) is 7.21. The summed E-state index contributed by atoms with van der Waals surface area (Å²) < 4.78 is 0.572. The van der Waals surface area contributed by atoms with Crippen LogP contribution in [0.2, 0.25) is 0 Å². The Bertz CT molecular complexity index is 794. The molecule has 0 aliphatic heterocycles. The SMILES string of the molecule is CC(C)[C@H](N)c1nc2cc(-c3cn[nH]n3)sc2c(=O)[nH]1.Cl. The minimum Gasteiger partial charge on any atom is -0.321 e. The van der Waals surface area contributed by atoms with Crippen LogP contribution in [0.4, 0.5) is 0 Å². The third-order valence-electron chi connectivity index (χ3n) is 3.10. The summed E-state index contributed by atoms with van der Waals surface area (Å²) in [6.07, 6.45) is 1.61. The Morgan fingerprint density at radius 1 is 1.38 bits per heavy atom. The Hall–Kier alpha value is -1.77. The number of fused-ring (bicyclic) bond motifs is 1. The zero-order valence-electron chi connectivity index (χ0n) is 11.5. The maximum Gasteiger partial charge on any atom is 0.268 e. The molecule has 0 aliphatic rings. The van der Waals surface area contributed by atoms with Gasteiger partial charge in [-0.1, -0.05) is 13.8 Å². The van der Waals surface area contributed by atoms with E-state index in [1.165, 1.54) is 11.3 Å². The number of aromatic amines is 2. The molecule has 4 N–H and O–H groups in total. The lowest BCUT2D eigenvalue weighted by Crippen LogP contribution is -2.23. The molecule has 0 spiro atoms. The second-order valence-corrected chi connectivity index (χ2v) is 5.95. The molecule has 0 saturated heterocycles. The molecular formula is C12H15ClN6OS. The molecule has 112 valence electrons. The average molecular weight is 327 g/mol. The van der Waals surface area contributed by atoms with Gasteiger partial charge in [0, 0.05) is 0 Å². The van der Waals surface area contributed by atoms with E-state index in [-0.39, 0.29) is 29.9 Å². The summed E-state index contributed by atoms with van der Waals surface area (Å²) in [7, 11) is 0. The number of hydrogen-bond donors (Lipinski definition) is 3. The standard InChI is InChI=1S/C12H14N6OS.ClH/c1-5(2)9(13)11-15-6-3-8(7-4-14-18-17-7)20-10(6)12(19)16-11;/h3-5,9H,13H2,1-2H3,(H,14,17,18)(H,15,16,19);1H/t9-;/m0./s1. The van der Waals surface area contributed by atoms with Crippen LogP contribution >= 0.6 is 23.7 Å². The van der Waals surface area contributed by atoms with Crippen LogP contribution in [0.3, 0.4) is 0 Å². The molecule has 0 aliphatic carbocycles. The predicted octanol–water partition coefficient (Wildman–Crippen LogP) is 1.85. The predicted molar refractivity (Wildman–Crippen MR) is 84.6 cm³/mol. The lowest BCUT2D eigenvalue weighted by molar-refractivity contribution is 0.491. The summed E-state index contributed by atoms with van der Waals surface area (Å²) in [6, 6.07) is 1.55. The summed E-state index contributed by atoms with van der Waals surface area (Å²) in [5.74, 6) is 0.714. The van der Waals surface area contributed by atoms with Crippen molar-refractivity contribution in [1.82, 2.24) is 25.4 Å². The summed E-state index contributed by atoms with van der Waals surface area (Å²) in [5, 5.41) is 10.3. The van der Waals surface area contributed by atoms with Gasteiger partial charge in [-0.3, -0.25) is 4.79 Å². The number of hydrogen-bond acceptors (Lipinski definition) is 6. The molecule has 0 saturated carbocycles. The molecule has 0 radical (unpaired) electrons. The van der Waals surface area contributed by atoms with Crippen molar-refractivity contribution in [3.05, 3.63) is 28.4 Å². The van der Waals surface area contributed by atoms with Crippen molar-refractivity contribution in [3.8, 4) is 10.6 Å². The van der Waals surface area contributed by atoms with Crippen molar-refractivity contribution in [2.75, 3.05) is 0 Å². The van der Waals surface area contributed by atoms with E-state index in [9.17, 15) is 4.79 Å². The number of nitrogens with zero attached hydrogens (tertiary/aromatic N) is 3. The fourth-order valence-corrected chi connectivity index (χ4v) is 2.82. The summed E-state index contributed by atoms with van der Waals surface area (Å²) in [6.45, 7) is 3.98. The first-order valence-electron chi connectivity index (χ1n) is 6.21. The van der Waals surface area contributed by atoms with E-state index in [2.05, 4.69) is 25.4 Å². The Balaban J connectivity index is 0.00000161. The molecule has 0 bridgehead atoms. The number of thiophene rings is 1. The van der Waals surface area contributed by atoms with Crippen molar-refractivity contribution >= 4 is 34.0 Å². The molecule has 7 nitrogen and oxygen atoms in total. The highest BCUT2D eigenvalue weighted by Crippen LogP contribution is 2.29. The maximum atomic E-state index is 12.1. The zero-order chi connectivity index (χ0) is 14.3. The van der Waals surface area contributed by atoms with Gasteiger partial charge in [0.1, 0.15) is 16.2 Å². The minimum atomic E-state index is -0.289. The van der Waals surface area contributed by atoms with E-state index in [1.54, 1.807) is 6.20 Å². The molecule has 1 atom stereocenters. The largest absolute Gasteiger partial charge is 0.321 e. The third kappa shape index (κ3) is 2.82. The number of rotatable bonds is 3. The molecule has 3 aromatic rings. The molecule has 0 unspecified atom stereocenters. The highest BCUT2D eigenvalue weighted by atomic mass is 35.5. The highest BCUT2D eigenvalue weighted by Gasteiger charge is 2.17. The monoisotopic (exact) mass is 326 g/mol. The van der Waals surface area contributed by atoms with Crippen LogP contribution in [0.5, 0.6) is 0 Å². The summed E-state index contributed by atoms with van der Waals surface area (Å²) in [4.78, 5) is 20.2. The quantitative estimate of drug-likeness (QED) is 0.679. The topological polar surface area (TPSA) is 113 Å². The lowest BCUT2D eigenvalue weighted by atomic mass is 10.1. The van der Waals surface area contributed by atoms with Gasteiger partial charge >= 0.3 is 0 Å². The fourth-order valence-electron chi connectivity index (χ4n) is 1.88. The number of nitrogens with one attached hydrogen (secondary N) is 2. The van der Waals surface area contributed by atoms with Crippen molar-refractivity contribution in [2.24, 2.45) is 11.7 Å². The van der Waals surface area contributed by atoms with Gasteiger partial charge in [-0.05, 0) is 12.0 Å². The normalized spacial score (nSPS) is 12.6. The summed E-state index contributed by atoms with van der Waals surface area (Å²) >= 11 is 1.34. The molecule has 9 heteroatoms. The Kier molecular flexibility index (Phi) is 4.40. The van der Waals surface area contributed by atoms with Crippen LogP contribution in [-0.4, -0.2) is 25.4 Å². The van der Waals surface area contributed by atoms with Gasteiger partial charge in [0.2, 0.25) is 0 Å². The number of H-pyrrole nitrogens is 2. The van der Waals surface area contributed by atoms with Gasteiger partial charge in [0.05, 0.1) is 22.6 Å². The van der Waals surface area contributed by atoms with Crippen molar-refractivity contribution in [2.45, 2.75) is 19.9 Å². The van der Waals surface area contributed by atoms with E-state index in [0.29, 0.717) is 21.7 Å². The van der Waals surface area contributed by atoms with Gasteiger partial charge in [0.25, 0.3) is 5.56 Å². The number of halogens is 1. The first-order chi connectivity index (χ1) is 9.56. The van der Waals surface area contributed by atoms with Gasteiger partial charge in [0.15, 0.2) is 0 Å². The van der Waals surface area contributed by atoms with E-state index in [4.69, 9.17) is 5.73 Å². The van der Waals surface area contributed by atoms with Gasteiger partial charge in [-0.2, -0.15) is 15.4 Å². The number of aromatic nitrogens is 5. The Morgan fingerprint density at radius 3 is 2.76 bits per heavy atom. The molecule has 0 fully saturated rings. The van der Waals surface area contributed by atoms with Crippen LogP contribution in [0.1, 0.15) is 25.7 Å².